The molecule has 0 heterocycles. The van der Waals surface area contributed by atoms with Gasteiger partial charge in [-0.2, -0.15) is 0 Å². The molecule has 0 unspecified atom stereocenters. The molecule has 2 rings (SSSR count). The maximum absolute atomic E-state index is 13.0. The molecular weight excluding hydrogens is 256 g/mol. The van der Waals surface area contributed by atoms with E-state index in [0.717, 1.165) is 31.7 Å². The first-order valence-electron chi connectivity index (χ1n) is 6.51. The third-order valence-electron chi connectivity index (χ3n) is 3.52. The molecule has 1 aromatic carbocycles. The molecule has 0 radical (unpaired) electrons. The fourth-order valence-corrected chi connectivity index (χ4v) is 2.43. The van der Waals surface area contributed by atoms with Crippen molar-refractivity contribution in [3.05, 3.63) is 18.2 Å². The van der Waals surface area contributed by atoms with Crippen LogP contribution in [0.5, 0.6) is 11.5 Å². The molecule has 0 N–H and O–H groups in total. The molecule has 1 aliphatic carbocycles. The van der Waals surface area contributed by atoms with Crippen molar-refractivity contribution >= 4 is 12.4 Å². The van der Waals surface area contributed by atoms with Crippen LogP contribution in [0, 0.1) is 5.92 Å². The quantitative estimate of drug-likeness (QED) is 0.766. The van der Waals surface area contributed by atoms with Crippen LogP contribution in [-0.4, -0.2) is 20.7 Å². The highest BCUT2D eigenvalue weighted by atomic mass is 19.4. The van der Waals surface area contributed by atoms with Gasteiger partial charge in [-0.3, -0.25) is 0 Å². The second kappa shape index (κ2) is 5.76. The molecule has 0 spiro atoms. The van der Waals surface area contributed by atoms with Crippen molar-refractivity contribution in [3.63, 3.8) is 0 Å². The monoisotopic (exact) mass is 273 g/mol. The molecule has 2 nitrogen and oxygen atoms in total. The number of benzene rings is 1. The highest BCUT2D eigenvalue weighted by Gasteiger charge is 2.30. The highest BCUT2D eigenvalue weighted by Crippen LogP contribution is 2.27. The van der Waals surface area contributed by atoms with Gasteiger partial charge in [0.05, 0.1) is 19.5 Å². The van der Waals surface area contributed by atoms with Gasteiger partial charge in [0.15, 0.2) is 0 Å². The lowest BCUT2D eigenvalue weighted by Gasteiger charge is -2.21. The molecule has 19 heavy (non-hydrogen) atoms. The molecular formula is C13H17BF3O2-. The summed E-state index contributed by atoms with van der Waals surface area (Å²) in [6.07, 6.45) is 4.38. The summed E-state index contributed by atoms with van der Waals surface area (Å²) in [6, 6.07) is 3.84. The van der Waals surface area contributed by atoms with Gasteiger partial charge in [-0.25, -0.2) is 0 Å². The molecule has 106 valence electrons. The molecule has 1 fully saturated rings. The summed E-state index contributed by atoms with van der Waals surface area (Å²) in [6.45, 7) is -4.73. The number of halogens is 3. The topological polar surface area (TPSA) is 18.5 Å². The van der Waals surface area contributed by atoms with E-state index in [2.05, 4.69) is 0 Å². The van der Waals surface area contributed by atoms with E-state index in [1.807, 2.05) is 0 Å². The molecule has 1 saturated carbocycles. The minimum atomic E-state index is -5.10. The average Bonchev–Trinajstić information content (AvgIpc) is 2.88. The minimum Gasteiger partial charge on any atom is -0.497 e. The summed E-state index contributed by atoms with van der Waals surface area (Å²) in [7, 11) is 1.35. The van der Waals surface area contributed by atoms with Crippen LogP contribution in [0.25, 0.3) is 0 Å². The fraction of sp³-hybridized carbons (Fsp3) is 0.538. The van der Waals surface area contributed by atoms with Crippen molar-refractivity contribution in [2.24, 2.45) is 5.92 Å². The molecule has 0 bridgehead atoms. The maximum atomic E-state index is 13.0. The summed E-state index contributed by atoms with van der Waals surface area (Å²) in [4.78, 5) is 0. The summed E-state index contributed by atoms with van der Waals surface area (Å²) in [5.41, 5.74) is -0.711. The number of rotatable bonds is 5. The zero-order valence-corrected chi connectivity index (χ0v) is 10.9. The van der Waals surface area contributed by atoms with Crippen LogP contribution in [0.4, 0.5) is 12.9 Å². The molecule has 0 saturated heterocycles. The van der Waals surface area contributed by atoms with Crippen molar-refractivity contribution in [1.29, 1.82) is 0 Å². The summed E-state index contributed by atoms with van der Waals surface area (Å²) in [5, 5.41) is 0. The third kappa shape index (κ3) is 3.58. The van der Waals surface area contributed by atoms with Crippen LogP contribution in [0.3, 0.4) is 0 Å². The Bertz CT molecular complexity index is 428. The number of hydrogen-bond acceptors (Lipinski definition) is 2. The van der Waals surface area contributed by atoms with Crippen LogP contribution in [0.1, 0.15) is 25.7 Å². The summed E-state index contributed by atoms with van der Waals surface area (Å²) in [5.74, 6) is 0.498. The SMILES string of the molecule is COc1ccc(OCC2CCCC2)c([B-](F)(F)F)c1. The Morgan fingerprint density at radius 2 is 1.89 bits per heavy atom. The molecule has 0 atom stereocenters. The Balaban J connectivity index is 2.13. The van der Waals surface area contributed by atoms with Crippen LogP contribution >= 0.6 is 0 Å². The Morgan fingerprint density at radius 3 is 2.47 bits per heavy atom. The lowest BCUT2D eigenvalue weighted by atomic mass is 9.79. The van der Waals surface area contributed by atoms with Crippen LogP contribution in [0.2, 0.25) is 0 Å². The van der Waals surface area contributed by atoms with E-state index < -0.39 is 12.4 Å². The molecule has 0 aromatic heterocycles. The largest absolute Gasteiger partial charge is 0.513 e. The highest BCUT2D eigenvalue weighted by molar-refractivity contribution is 6.74. The van der Waals surface area contributed by atoms with Crippen molar-refractivity contribution < 1.29 is 22.4 Å². The van der Waals surface area contributed by atoms with E-state index in [1.165, 1.54) is 19.2 Å². The van der Waals surface area contributed by atoms with E-state index in [0.29, 0.717) is 12.5 Å². The zero-order chi connectivity index (χ0) is 13.9. The molecule has 1 aromatic rings. The van der Waals surface area contributed by atoms with Gasteiger partial charge in [-0.05, 0) is 37.0 Å². The fourth-order valence-electron chi connectivity index (χ4n) is 2.43. The Hall–Kier alpha value is -1.33. The summed E-state index contributed by atoms with van der Waals surface area (Å²) >= 11 is 0. The van der Waals surface area contributed by atoms with Gasteiger partial charge >= 0.3 is 6.98 Å². The van der Waals surface area contributed by atoms with Gasteiger partial charge in [-0.1, -0.05) is 18.3 Å². The Kier molecular flexibility index (Phi) is 4.27. The Morgan fingerprint density at radius 1 is 1.21 bits per heavy atom. The number of hydrogen-bond donors (Lipinski definition) is 0. The molecule has 1 aliphatic rings. The van der Waals surface area contributed by atoms with Crippen molar-refractivity contribution in [2.75, 3.05) is 13.7 Å². The first-order chi connectivity index (χ1) is 9.00. The normalized spacial score (nSPS) is 16.6. The third-order valence-corrected chi connectivity index (χ3v) is 3.52. The van der Waals surface area contributed by atoms with E-state index >= 15 is 0 Å². The van der Waals surface area contributed by atoms with Gasteiger partial charge in [0.2, 0.25) is 0 Å². The van der Waals surface area contributed by atoms with E-state index in [-0.39, 0.29) is 11.5 Å². The number of ether oxygens (including phenoxy) is 2. The lowest BCUT2D eigenvalue weighted by Crippen LogP contribution is -2.35. The minimum absolute atomic E-state index is 0.0831. The molecule has 0 amide bonds. The van der Waals surface area contributed by atoms with E-state index in [9.17, 15) is 12.9 Å². The first kappa shape index (κ1) is 14.1. The van der Waals surface area contributed by atoms with Crippen molar-refractivity contribution in [3.8, 4) is 11.5 Å². The van der Waals surface area contributed by atoms with E-state index in [1.54, 1.807) is 0 Å². The van der Waals surface area contributed by atoms with Gasteiger partial charge in [0, 0.05) is 0 Å². The summed E-state index contributed by atoms with van der Waals surface area (Å²) < 4.78 is 49.2. The standard InChI is InChI=1S/C13H17BF3O2/c1-18-11-6-7-13(12(8-11)14(15,16)17)19-9-10-4-2-3-5-10/h6-8,10H,2-5,9H2,1H3/q-1. The molecule has 0 aliphatic heterocycles. The zero-order valence-electron chi connectivity index (χ0n) is 10.9. The van der Waals surface area contributed by atoms with Gasteiger partial charge in [-0.15, -0.1) is 0 Å². The molecule has 6 heteroatoms. The second-order valence-corrected chi connectivity index (χ2v) is 4.94. The van der Waals surface area contributed by atoms with Crippen molar-refractivity contribution in [1.82, 2.24) is 0 Å². The average molecular weight is 273 g/mol. The van der Waals surface area contributed by atoms with Crippen LogP contribution in [-0.2, 0) is 0 Å². The Labute approximate surface area is 111 Å². The lowest BCUT2D eigenvalue weighted by molar-refractivity contribution is 0.252. The smallest absolute Gasteiger partial charge is 0.497 e. The van der Waals surface area contributed by atoms with Crippen LogP contribution < -0.4 is 14.9 Å². The van der Waals surface area contributed by atoms with E-state index in [4.69, 9.17) is 9.47 Å². The van der Waals surface area contributed by atoms with Gasteiger partial charge in [0.1, 0.15) is 5.75 Å². The predicted molar refractivity (Wildman–Crippen MR) is 69.2 cm³/mol. The predicted octanol–water partition coefficient (Wildman–Crippen LogP) is 3.32. The number of methoxy groups -OCH3 is 1. The first-order valence-corrected chi connectivity index (χ1v) is 6.51. The van der Waals surface area contributed by atoms with Crippen molar-refractivity contribution in [2.45, 2.75) is 25.7 Å². The maximum Gasteiger partial charge on any atom is 0.513 e. The van der Waals surface area contributed by atoms with Gasteiger partial charge < -0.3 is 22.4 Å². The van der Waals surface area contributed by atoms with Gasteiger partial charge in [0.25, 0.3) is 0 Å². The van der Waals surface area contributed by atoms with Crippen LogP contribution in [0.15, 0.2) is 18.2 Å². The second-order valence-electron chi connectivity index (χ2n) is 4.94.